The van der Waals surface area contributed by atoms with Gasteiger partial charge in [0.1, 0.15) is 0 Å². The highest BCUT2D eigenvalue weighted by Crippen LogP contribution is 2.20. The number of rotatable bonds is 5. The molecule has 1 aliphatic rings. The molecule has 0 aliphatic carbocycles. The molecule has 1 saturated heterocycles. The average Bonchev–Trinajstić information content (AvgIpc) is 2.54. The Bertz CT molecular complexity index is 536. The van der Waals surface area contributed by atoms with Crippen molar-refractivity contribution in [2.24, 2.45) is 11.7 Å². The van der Waals surface area contributed by atoms with E-state index in [1.54, 1.807) is 4.90 Å². The van der Waals surface area contributed by atoms with Gasteiger partial charge in [-0.2, -0.15) is 0 Å². The number of amides is 2. The van der Waals surface area contributed by atoms with E-state index >= 15 is 0 Å². The molecule has 0 bridgehead atoms. The number of likely N-dealkylation sites (tertiary alicyclic amines) is 1. The molecule has 120 valence electrons. The lowest BCUT2D eigenvalue weighted by molar-refractivity contribution is -0.135. The van der Waals surface area contributed by atoms with E-state index in [1.165, 1.54) is 0 Å². The molecule has 6 heteroatoms. The molecule has 0 saturated carbocycles. The van der Waals surface area contributed by atoms with Gasteiger partial charge < -0.3 is 16.0 Å². The van der Waals surface area contributed by atoms with Gasteiger partial charge in [-0.05, 0) is 24.5 Å². The van der Waals surface area contributed by atoms with Gasteiger partial charge in [0.15, 0.2) is 0 Å². The molecule has 0 radical (unpaired) electrons. The molecule has 1 unspecified atom stereocenters. The Balaban J connectivity index is 1.93. The fourth-order valence-corrected chi connectivity index (χ4v) is 3.10. The lowest BCUT2D eigenvalue weighted by Crippen LogP contribution is -2.46. The lowest BCUT2D eigenvalue weighted by Gasteiger charge is -2.32. The number of nitrogens with one attached hydrogen (secondary N) is 1. The number of benzene rings is 1. The van der Waals surface area contributed by atoms with E-state index in [0.717, 1.165) is 29.4 Å². The number of nitrogens with two attached hydrogens (primary N) is 1. The first-order valence-electron chi connectivity index (χ1n) is 7.60. The van der Waals surface area contributed by atoms with E-state index in [0.29, 0.717) is 26.1 Å². The van der Waals surface area contributed by atoms with Crippen molar-refractivity contribution in [2.45, 2.75) is 19.3 Å². The van der Waals surface area contributed by atoms with Crippen molar-refractivity contribution >= 4 is 27.7 Å². The van der Waals surface area contributed by atoms with Crippen molar-refractivity contribution in [1.29, 1.82) is 0 Å². The molecule has 1 aromatic carbocycles. The fraction of sp³-hybridized carbons (Fsp3) is 0.500. The van der Waals surface area contributed by atoms with Crippen LogP contribution in [0.4, 0.5) is 0 Å². The first-order valence-corrected chi connectivity index (χ1v) is 8.40. The van der Waals surface area contributed by atoms with Gasteiger partial charge in [0.05, 0.1) is 12.3 Å². The van der Waals surface area contributed by atoms with E-state index in [9.17, 15) is 9.59 Å². The van der Waals surface area contributed by atoms with Crippen molar-refractivity contribution in [3.05, 3.63) is 34.3 Å². The minimum atomic E-state index is -0.122. The second-order valence-electron chi connectivity index (χ2n) is 5.53. The van der Waals surface area contributed by atoms with E-state index in [1.807, 2.05) is 24.3 Å². The number of hydrogen-bond acceptors (Lipinski definition) is 3. The Morgan fingerprint density at radius 1 is 1.36 bits per heavy atom. The molecule has 1 aliphatic heterocycles. The summed E-state index contributed by atoms with van der Waals surface area (Å²) < 4.78 is 0.942. The maximum Gasteiger partial charge on any atom is 0.227 e. The maximum absolute atomic E-state index is 12.5. The average molecular weight is 368 g/mol. The number of halogens is 1. The first-order chi connectivity index (χ1) is 10.6. The van der Waals surface area contributed by atoms with Crippen LogP contribution in [0.15, 0.2) is 28.7 Å². The molecule has 2 rings (SSSR count). The molecule has 22 heavy (non-hydrogen) atoms. The van der Waals surface area contributed by atoms with Crippen LogP contribution in [0.3, 0.4) is 0 Å². The predicted molar refractivity (Wildman–Crippen MR) is 89.2 cm³/mol. The van der Waals surface area contributed by atoms with E-state index < -0.39 is 0 Å². The van der Waals surface area contributed by atoms with Crippen molar-refractivity contribution < 1.29 is 9.59 Å². The van der Waals surface area contributed by atoms with E-state index in [-0.39, 0.29) is 17.7 Å². The number of piperidine rings is 1. The summed E-state index contributed by atoms with van der Waals surface area (Å²) in [6.07, 6.45) is 2.05. The van der Waals surface area contributed by atoms with Gasteiger partial charge in [-0.15, -0.1) is 0 Å². The lowest BCUT2D eigenvalue weighted by atomic mass is 9.96. The highest BCUT2D eigenvalue weighted by molar-refractivity contribution is 9.10. The van der Waals surface area contributed by atoms with Crippen molar-refractivity contribution in [3.8, 4) is 0 Å². The molecule has 1 fully saturated rings. The SMILES string of the molecule is NCCNC(=O)C1CCCN(C(=O)Cc2ccccc2Br)C1. The third-order valence-electron chi connectivity index (χ3n) is 3.89. The van der Waals surface area contributed by atoms with Gasteiger partial charge in [-0.3, -0.25) is 9.59 Å². The van der Waals surface area contributed by atoms with Crippen LogP contribution in [-0.2, 0) is 16.0 Å². The van der Waals surface area contributed by atoms with E-state index in [2.05, 4.69) is 21.2 Å². The van der Waals surface area contributed by atoms with Crippen LogP contribution in [-0.4, -0.2) is 42.9 Å². The minimum Gasteiger partial charge on any atom is -0.355 e. The van der Waals surface area contributed by atoms with Crippen LogP contribution in [0.1, 0.15) is 18.4 Å². The largest absolute Gasteiger partial charge is 0.355 e. The van der Waals surface area contributed by atoms with Crippen molar-refractivity contribution in [3.63, 3.8) is 0 Å². The summed E-state index contributed by atoms with van der Waals surface area (Å²) >= 11 is 3.47. The summed E-state index contributed by atoms with van der Waals surface area (Å²) in [5.74, 6) is -0.0458. The van der Waals surface area contributed by atoms with Crippen LogP contribution in [0.25, 0.3) is 0 Å². The number of hydrogen-bond donors (Lipinski definition) is 2. The standard InChI is InChI=1S/C16H22BrN3O2/c17-14-6-2-1-4-12(14)10-15(21)20-9-3-5-13(11-20)16(22)19-8-7-18/h1-2,4,6,13H,3,5,7-11,18H2,(H,19,22). The molecule has 0 aromatic heterocycles. The van der Waals surface area contributed by atoms with Gasteiger partial charge in [0, 0.05) is 30.7 Å². The van der Waals surface area contributed by atoms with Crippen molar-refractivity contribution in [1.82, 2.24) is 10.2 Å². The summed E-state index contributed by atoms with van der Waals surface area (Å²) in [4.78, 5) is 26.3. The van der Waals surface area contributed by atoms with Crippen LogP contribution in [0.2, 0.25) is 0 Å². The van der Waals surface area contributed by atoms with Crippen LogP contribution in [0, 0.1) is 5.92 Å². The smallest absolute Gasteiger partial charge is 0.227 e. The molecule has 3 N–H and O–H groups in total. The zero-order chi connectivity index (χ0) is 15.9. The van der Waals surface area contributed by atoms with Crippen molar-refractivity contribution in [2.75, 3.05) is 26.2 Å². The molecular formula is C16H22BrN3O2. The molecule has 1 atom stereocenters. The third-order valence-corrected chi connectivity index (χ3v) is 4.66. The first kappa shape index (κ1) is 17.0. The molecule has 0 spiro atoms. The quantitative estimate of drug-likeness (QED) is 0.823. The third kappa shape index (κ3) is 4.55. The van der Waals surface area contributed by atoms with Gasteiger partial charge in [-0.1, -0.05) is 34.1 Å². The molecule has 1 aromatic rings. The summed E-state index contributed by atoms with van der Waals surface area (Å²) in [6.45, 7) is 2.15. The fourth-order valence-electron chi connectivity index (χ4n) is 2.67. The van der Waals surface area contributed by atoms with Gasteiger partial charge in [0.25, 0.3) is 0 Å². The van der Waals surface area contributed by atoms with Gasteiger partial charge >= 0.3 is 0 Å². The van der Waals surface area contributed by atoms with Crippen LogP contribution < -0.4 is 11.1 Å². The predicted octanol–water partition coefficient (Wildman–Crippen LogP) is 1.31. The Morgan fingerprint density at radius 3 is 2.86 bits per heavy atom. The number of nitrogens with zero attached hydrogens (tertiary/aromatic N) is 1. The zero-order valence-electron chi connectivity index (χ0n) is 12.6. The second kappa shape index (κ2) is 8.29. The monoisotopic (exact) mass is 367 g/mol. The molecule has 2 amide bonds. The maximum atomic E-state index is 12.5. The Labute approximate surface area is 139 Å². The minimum absolute atomic E-state index is 0.00356. The number of carbonyl (C=O) groups excluding carboxylic acids is 2. The van der Waals surface area contributed by atoms with Gasteiger partial charge in [-0.25, -0.2) is 0 Å². The number of carbonyl (C=O) groups is 2. The second-order valence-corrected chi connectivity index (χ2v) is 6.38. The Morgan fingerprint density at radius 2 is 2.14 bits per heavy atom. The topological polar surface area (TPSA) is 75.4 Å². The highest BCUT2D eigenvalue weighted by atomic mass is 79.9. The summed E-state index contributed by atoms with van der Waals surface area (Å²) in [5.41, 5.74) is 6.37. The Hall–Kier alpha value is -1.40. The summed E-state index contributed by atoms with van der Waals surface area (Å²) in [6, 6.07) is 7.72. The highest BCUT2D eigenvalue weighted by Gasteiger charge is 2.28. The summed E-state index contributed by atoms with van der Waals surface area (Å²) in [5, 5.41) is 2.81. The normalized spacial score (nSPS) is 18.1. The zero-order valence-corrected chi connectivity index (χ0v) is 14.1. The van der Waals surface area contributed by atoms with Gasteiger partial charge in [0.2, 0.25) is 11.8 Å². The summed E-state index contributed by atoms with van der Waals surface area (Å²) in [7, 11) is 0. The molecular weight excluding hydrogens is 346 g/mol. The Kier molecular flexibility index (Phi) is 6.39. The van der Waals surface area contributed by atoms with E-state index in [4.69, 9.17) is 5.73 Å². The van der Waals surface area contributed by atoms with Crippen LogP contribution >= 0.6 is 15.9 Å². The molecule has 5 nitrogen and oxygen atoms in total. The van der Waals surface area contributed by atoms with Crippen LogP contribution in [0.5, 0.6) is 0 Å². The molecule has 1 heterocycles.